The van der Waals surface area contributed by atoms with Gasteiger partial charge in [-0.25, -0.2) is 8.42 Å². The zero-order chi connectivity index (χ0) is 20.1. The van der Waals surface area contributed by atoms with E-state index >= 15 is 0 Å². The number of carbonyl (C=O) groups excluding carboxylic acids is 1. The van der Waals surface area contributed by atoms with Crippen molar-refractivity contribution in [3.05, 3.63) is 59.2 Å². The summed E-state index contributed by atoms with van der Waals surface area (Å²) in [5.74, 6) is -0.209. The lowest BCUT2D eigenvalue weighted by Crippen LogP contribution is -2.36. The van der Waals surface area contributed by atoms with Crippen molar-refractivity contribution < 1.29 is 13.2 Å². The van der Waals surface area contributed by atoms with Crippen molar-refractivity contribution in [2.75, 3.05) is 11.4 Å². The molecule has 1 atom stereocenters. The number of hydrogen-bond donors (Lipinski definition) is 0. The minimum Gasteiger partial charge on any atom is -0.311 e. The van der Waals surface area contributed by atoms with Crippen LogP contribution in [0.4, 0.5) is 5.69 Å². The van der Waals surface area contributed by atoms with Crippen molar-refractivity contribution in [1.29, 1.82) is 0 Å². The second-order valence-electron chi connectivity index (χ2n) is 7.96. The summed E-state index contributed by atoms with van der Waals surface area (Å²) >= 11 is 0. The Kier molecular flexibility index (Phi) is 4.79. The monoisotopic (exact) mass is 398 g/mol. The van der Waals surface area contributed by atoms with E-state index < -0.39 is 10.0 Å². The third-order valence-electron chi connectivity index (χ3n) is 5.76. The number of nitrogens with zero attached hydrogens (tertiary/aromatic N) is 2. The van der Waals surface area contributed by atoms with Gasteiger partial charge in [0.1, 0.15) is 0 Å². The molecule has 0 spiro atoms. The van der Waals surface area contributed by atoms with Crippen LogP contribution in [-0.4, -0.2) is 31.2 Å². The van der Waals surface area contributed by atoms with Crippen molar-refractivity contribution >= 4 is 21.6 Å². The lowest BCUT2D eigenvalue weighted by molar-refractivity contribution is -0.119. The van der Waals surface area contributed by atoms with E-state index in [2.05, 4.69) is 0 Å². The molecule has 6 heteroatoms. The fraction of sp³-hybridized carbons (Fsp3) is 0.409. The number of benzene rings is 2. The summed E-state index contributed by atoms with van der Waals surface area (Å²) in [6.07, 6.45) is 1.68. The maximum atomic E-state index is 13.6. The maximum Gasteiger partial charge on any atom is 0.243 e. The first-order valence-corrected chi connectivity index (χ1v) is 11.3. The Balaban J connectivity index is 1.78. The lowest BCUT2D eigenvalue weighted by Gasteiger charge is -2.28. The standard InChI is InChI=1S/C22H26N2O3S/c1-15(2)24(14-17-8-5-4-6-9-17)28(26,27)19-12-18-10-7-11-23-21(18)20(13-19)16(3)22(23)25/h4-6,8-9,12-13,15-16H,7,10-11,14H2,1-3H3/t16-/m0/s1. The van der Waals surface area contributed by atoms with Gasteiger partial charge in [0.2, 0.25) is 15.9 Å². The molecule has 0 saturated carbocycles. The van der Waals surface area contributed by atoms with Crippen molar-refractivity contribution in [2.45, 2.75) is 57.0 Å². The van der Waals surface area contributed by atoms with E-state index in [0.717, 1.165) is 41.8 Å². The third kappa shape index (κ3) is 3.05. The molecule has 4 rings (SSSR count). The Morgan fingerprint density at radius 2 is 1.89 bits per heavy atom. The van der Waals surface area contributed by atoms with Crippen LogP contribution in [0.3, 0.4) is 0 Å². The van der Waals surface area contributed by atoms with Gasteiger partial charge in [-0.15, -0.1) is 0 Å². The summed E-state index contributed by atoms with van der Waals surface area (Å²) < 4.78 is 28.7. The fourth-order valence-corrected chi connectivity index (χ4v) is 5.97. The molecular weight excluding hydrogens is 372 g/mol. The van der Waals surface area contributed by atoms with Crippen molar-refractivity contribution in [3.63, 3.8) is 0 Å². The minimum atomic E-state index is -3.68. The van der Waals surface area contributed by atoms with Gasteiger partial charge in [-0.1, -0.05) is 30.3 Å². The van der Waals surface area contributed by atoms with E-state index in [1.165, 1.54) is 0 Å². The minimum absolute atomic E-state index is 0.0792. The molecule has 0 saturated heterocycles. The zero-order valence-electron chi connectivity index (χ0n) is 16.6. The highest BCUT2D eigenvalue weighted by molar-refractivity contribution is 7.89. The quantitative estimate of drug-likeness (QED) is 0.772. The molecule has 2 aliphatic rings. The largest absolute Gasteiger partial charge is 0.311 e. The van der Waals surface area contributed by atoms with Gasteiger partial charge in [0.05, 0.1) is 16.5 Å². The first kappa shape index (κ1) is 19.2. The van der Waals surface area contributed by atoms with Crippen molar-refractivity contribution in [2.24, 2.45) is 0 Å². The molecule has 0 bridgehead atoms. The van der Waals surface area contributed by atoms with Crippen LogP contribution in [0.5, 0.6) is 0 Å². The van der Waals surface area contributed by atoms with E-state index in [1.807, 2.05) is 56.0 Å². The van der Waals surface area contributed by atoms with E-state index in [9.17, 15) is 13.2 Å². The molecule has 0 radical (unpaired) electrons. The third-order valence-corrected chi connectivity index (χ3v) is 7.76. The summed E-state index contributed by atoms with van der Waals surface area (Å²) in [5.41, 5.74) is 3.73. The van der Waals surface area contributed by atoms with Crippen LogP contribution in [0.1, 0.15) is 49.8 Å². The molecule has 2 aromatic rings. The number of carbonyl (C=O) groups is 1. The molecule has 0 aromatic heterocycles. The number of hydrogen-bond acceptors (Lipinski definition) is 3. The summed E-state index contributed by atoms with van der Waals surface area (Å²) in [5, 5.41) is 0. The van der Waals surface area contributed by atoms with Crippen LogP contribution < -0.4 is 4.90 Å². The molecule has 28 heavy (non-hydrogen) atoms. The highest BCUT2D eigenvalue weighted by atomic mass is 32.2. The summed E-state index contributed by atoms with van der Waals surface area (Å²) in [4.78, 5) is 14.7. The molecule has 2 aliphatic heterocycles. The van der Waals surface area contributed by atoms with E-state index in [4.69, 9.17) is 0 Å². The molecule has 0 unspecified atom stereocenters. The van der Waals surface area contributed by atoms with Crippen LogP contribution in [0.2, 0.25) is 0 Å². The number of rotatable bonds is 5. The van der Waals surface area contributed by atoms with E-state index in [1.54, 1.807) is 16.4 Å². The SMILES string of the molecule is CC(C)N(Cc1ccccc1)S(=O)(=O)c1cc2c3c(c1)[C@H](C)C(=O)N3CCC2. The average Bonchev–Trinajstić information content (AvgIpc) is 2.93. The van der Waals surface area contributed by atoms with Crippen LogP contribution >= 0.6 is 0 Å². The Bertz CT molecular complexity index is 1020. The van der Waals surface area contributed by atoms with Crippen LogP contribution in [0.25, 0.3) is 0 Å². The Hall–Kier alpha value is -2.18. The second kappa shape index (κ2) is 7.01. The highest BCUT2D eigenvalue weighted by Gasteiger charge is 2.39. The topological polar surface area (TPSA) is 57.7 Å². The number of anilines is 1. The molecule has 5 nitrogen and oxygen atoms in total. The fourth-order valence-electron chi connectivity index (χ4n) is 4.26. The van der Waals surface area contributed by atoms with Crippen LogP contribution in [0.15, 0.2) is 47.4 Å². The summed E-state index contributed by atoms with van der Waals surface area (Å²) in [6, 6.07) is 13.0. The van der Waals surface area contributed by atoms with Gasteiger partial charge >= 0.3 is 0 Å². The van der Waals surface area contributed by atoms with Crippen LogP contribution in [-0.2, 0) is 27.8 Å². The summed E-state index contributed by atoms with van der Waals surface area (Å²) in [6.45, 7) is 6.71. The molecular formula is C22H26N2O3S. The smallest absolute Gasteiger partial charge is 0.243 e. The van der Waals surface area contributed by atoms with Crippen LogP contribution in [0, 0.1) is 0 Å². The molecule has 2 aromatic carbocycles. The van der Waals surface area contributed by atoms with Gasteiger partial charge in [-0.05, 0) is 62.4 Å². The van der Waals surface area contributed by atoms with E-state index in [-0.39, 0.29) is 17.9 Å². The van der Waals surface area contributed by atoms with Gasteiger partial charge < -0.3 is 4.90 Å². The second-order valence-corrected chi connectivity index (χ2v) is 9.86. The average molecular weight is 399 g/mol. The Morgan fingerprint density at radius 3 is 2.57 bits per heavy atom. The number of amides is 1. The highest BCUT2D eigenvalue weighted by Crippen LogP contribution is 2.44. The predicted molar refractivity (Wildman–Crippen MR) is 110 cm³/mol. The Morgan fingerprint density at radius 1 is 1.18 bits per heavy atom. The molecule has 0 aliphatic carbocycles. The maximum absolute atomic E-state index is 13.6. The number of aryl methyl sites for hydroxylation is 1. The van der Waals surface area contributed by atoms with Gasteiger partial charge in [0.25, 0.3) is 0 Å². The van der Waals surface area contributed by atoms with Crippen molar-refractivity contribution in [1.82, 2.24) is 4.31 Å². The number of sulfonamides is 1. The van der Waals surface area contributed by atoms with Gasteiger partial charge in [0.15, 0.2) is 0 Å². The molecule has 0 fully saturated rings. The molecule has 1 amide bonds. The van der Waals surface area contributed by atoms with Gasteiger partial charge in [-0.3, -0.25) is 4.79 Å². The zero-order valence-corrected chi connectivity index (χ0v) is 17.4. The predicted octanol–water partition coefficient (Wildman–Crippen LogP) is 3.68. The molecule has 148 valence electrons. The van der Waals surface area contributed by atoms with E-state index in [0.29, 0.717) is 11.4 Å². The normalized spacial score (nSPS) is 18.8. The van der Waals surface area contributed by atoms with Gasteiger partial charge in [-0.2, -0.15) is 4.31 Å². The Labute approximate surface area is 167 Å². The first-order valence-electron chi connectivity index (χ1n) is 9.84. The molecule has 0 N–H and O–H groups in total. The lowest BCUT2D eigenvalue weighted by atomic mass is 9.97. The van der Waals surface area contributed by atoms with Crippen molar-refractivity contribution in [3.8, 4) is 0 Å². The van der Waals surface area contributed by atoms with Gasteiger partial charge in [0, 0.05) is 19.1 Å². The molecule has 2 heterocycles. The summed E-state index contributed by atoms with van der Waals surface area (Å²) in [7, 11) is -3.68. The first-order chi connectivity index (χ1) is 13.3.